The Morgan fingerprint density at radius 3 is 3.05 bits per heavy atom. The zero-order valence-corrected chi connectivity index (χ0v) is 11.2. The van der Waals surface area contributed by atoms with Crippen LogP contribution in [0.1, 0.15) is 10.4 Å². The molecule has 1 aromatic heterocycles. The zero-order chi connectivity index (χ0) is 14.5. The SMILES string of the molecule is O=C(NCCOc1ccc2c(c1)OCO2)c1cccnc1. The summed E-state index contributed by atoms with van der Waals surface area (Å²) in [4.78, 5) is 15.7. The third-order valence-corrected chi connectivity index (χ3v) is 2.92. The Bertz CT molecular complexity index is 631. The number of pyridine rings is 1. The summed E-state index contributed by atoms with van der Waals surface area (Å²) in [5, 5.41) is 2.76. The highest BCUT2D eigenvalue weighted by Gasteiger charge is 2.13. The van der Waals surface area contributed by atoms with Gasteiger partial charge in [-0.15, -0.1) is 0 Å². The third-order valence-electron chi connectivity index (χ3n) is 2.92. The van der Waals surface area contributed by atoms with Gasteiger partial charge < -0.3 is 19.5 Å². The number of hydrogen-bond donors (Lipinski definition) is 1. The number of nitrogens with zero attached hydrogens (tertiary/aromatic N) is 1. The number of nitrogens with one attached hydrogen (secondary N) is 1. The quantitative estimate of drug-likeness (QED) is 0.846. The molecule has 3 rings (SSSR count). The van der Waals surface area contributed by atoms with E-state index in [9.17, 15) is 4.79 Å². The van der Waals surface area contributed by atoms with Crippen molar-refractivity contribution in [1.82, 2.24) is 10.3 Å². The number of carbonyl (C=O) groups is 1. The molecule has 0 radical (unpaired) electrons. The highest BCUT2D eigenvalue weighted by molar-refractivity contribution is 5.93. The van der Waals surface area contributed by atoms with E-state index in [-0.39, 0.29) is 12.7 Å². The average Bonchev–Trinajstić information content (AvgIpc) is 3.00. The number of benzene rings is 1. The fourth-order valence-electron chi connectivity index (χ4n) is 1.90. The van der Waals surface area contributed by atoms with Crippen LogP contribution in [-0.4, -0.2) is 30.8 Å². The standard InChI is InChI=1S/C15H14N2O4/c18-15(11-2-1-5-16-9-11)17-6-7-19-12-3-4-13-14(8-12)21-10-20-13/h1-5,8-9H,6-7,10H2,(H,17,18). The number of carbonyl (C=O) groups excluding carboxylic acids is 1. The minimum atomic E-state index is -0.169. The van der Waals surface area contributed by atoms with E-state index in [1.54, 1.807) is 36.5 Å². The molecule has 2 aromatic rings. The first-order valence-corrected chi connectivity index (χ1v) is 6.53. The van der Waals surface area contributed by atoms with E-state index in [0.717, 1.165) is 0 Å². The molecule has 1 aliphatic heterocycles. The van der Waals surface area contributed by atoms with Crippen LogP contribution >= 0.6 is 0 Å². The number of ether oxygens (including phenoxy) is 3. The minimum Gasteiger partial charge on any atom is -0.492 e. The van der Waals surface area contributed by atoms with E-state index in [1.807, 2.05) is 0 Å². The average molecular weight is 286 g/mol. The van der Waals surface area contributed by atoms with Crippen LogP contribution in [-0.2, 0) is 0 Å². The molecule has 0 unspecified atom stereocenters. The van der Waals surface area contributed by atoms with Crippen molar-refractivity contribution in [1.29, 1.82) is 0 Å². The summed E-state index contributed by atoms with van der Waals surface area (Å²) in [5.41, 5.74) is 0.528. The summed E-state index contributed by atoms with van der Waals surface area (Å²) in [6, 6.07) is 8.80. The molecular formula is C15H14N2O4. The number of hydrogen-bond acceptors (Lipinski definition) is 5. The number of rotatable bonds is 5. The van der Waals surface area contributed by atoms with Gasteiger partial charge in [-0.3, -0.25) is 9.78 Å². The van der Waals surface area contributed by atoms with Crippen LogP contribution in [0.15, 0.2) is 42.7 Å². The van der Waals surface area contributed by atoms with E-state index < -0.39 is 0 Å². The van der Waals surface area contributed by atoms with Crippen LogP contribution in [0.5, 0.6) is 17.2 Å². The molecule has 1 aliphatic rings. The molecule has 0 saturated heterocycles. The predicted octanol–water partition coefficient (Wildman–Crippen LogP) is 1.62. The maximum absolute atomic E-state index is 11.8. The highest BCUT2D eigenvalue weighted by atomic mass is 16.7. The van der Waals surface area contributed by atoms with Crippen molar-refractivity contribution in [3.63, 3.8) is 0 Å². The summed E-state index contributed by atoms with van der Waals surface area (Å²) in [7, 11) is 0. The lowest BCUT2D eigenvalue weighted by atomic mass is 10.3. The molecule has 6 nitrogen and oxygen atoms in total. The molecule has 0 saturated carbocycles. The number of fused-ring (bicyclic) bond motifs is 1. The van der Waals surface area contributed by atoms with Gasteiger partial charge in [-0.25, -0.2) is 0 Å². The van der Waals surface area contributed by atoms with Crippen LogP contribution in [0, 0.1) is 0 Å². The Balaban J connectivity index is 1.45. The van der Waals surface area contributed by atoms with Crippen LogP contribution in [0.4, 0.5) is 0 Å². The predicted molar refractivity (Wildman–Crippen MR) is 74.6 cm³/mol. The lowest BCUT2D eigenvalue weighted by Crippen LogP contribution is -2.28. The topological polar surface area (TPSA) is 69.7 Å². The maximum atomic E-state index is 11.8. The highest BCUT2D eigenvalue weighted by Crippen LogP contribution is 2.34. The van der Waals surface area contributed by atoms with Crippen molar-refractivity contribution in [2.24, 2.45) is 0 Å². The Kier molecular flexibility index (Phi) is 3.86. The van der Waals surface area contributed by atoms with Gasteiger partial charge in [0.1, 0.15) is 12.4 Å². The maximum Gasteiger partial charge on any atom is 0.252 e. The second-order valence-corrected chi connectivity index (χ2v) is 4.36. The Hall–Kier alpha value is -2.76. The van der Waals surface area contributed by atoms with Gasteiger partial charge in [0.05, 0.1) is 12.1 Å². The van der Waals surface area contributed by atoms with Crippen molar-refractivity contribution < 1.29 is 19.0 Å². The van der Waals surface area contributed by atoms with Gasteiger partial charge in [-0.05, 0) is 24.3 Å². The van der Waals surface area contributed by atoms with Gasteiger partial charge in [0, 0.05) is 18.5 Å². The Morgan fingerprint density at radius 1 is 1.29 bits per heavy atom. The molecule has 0 atom stereocenters. The van der Waals surface area contributed by atoms with Crippen molar-refractivity contribution in [2.75, 3.05) is 19.9 Å². The monoisotopic (exact) mass is 286 g/mol. The van der Waals surface area contributed by atoms with E-state index in [2.05, 4.69) is 10.3 Å². The van der Waals surface area contributed by atoms with Crippen molar-refractivity contribution in [2.45, 2.75) is 0 Å². The smallest absolute Gasteiger partial charge is 0.252 e. The van der Waals surface area contributed by atoms with Crippen molar-refractivity contribution in [3.05, 3.63) is 48.3 Å². The van der Waals surface area contributed by atoms with Gasteiger partial charge in [0.15, 0.2) is 11.5 Å². The van der Waals surface area contributed by atoms with Crippen molar-refractivity contribution >= 4 is 5.91 Å². The third kappa shape index (κ3) is 3.22. The fourth-order valence-corrected chi connectivity index (χ4v) is 1.90. The zero-order valence-electron chi connectivity index (χ0n) is 11.2. The molecule has 6 heteroatoms. The van der Waals surface area contributed by atoms with E-state index in [4.69, 9.17) is 14.2 Å². The largest absolute Gasteiger partial charge is 0.492 e. The van der Waals surface area contributed by atoms with E-state index in [0.29, 0.717) is 36.0 Å². The van der Waals surface area contributed by atoms with E-state index >= 15 is 0 Å². The Morgan fingerprint density at radius 2 is 2.19 bits per heavy atom. The van der Waals surface area contributed by atoms with Gasteiger partial charge >= 0.3 is 0 Å². The summed E-state index contributed by atoms with van der Waals surface area (Å²) in [6.07, 6.45) is 3.15. The molecule has 1 N–H and O–H groups in total. The minimum absolute atomic E-state index is 0.169. The molecule has 0 fully saturated rings. The first-order valence-electron chi connectivity index (χ1n) is 6.53. The van der Waals surface area contributed by atoms with Crippen LogP contribution in [0.2, 0.25) is 0 Å². The second-order valence-electron chi connectivity index (χ2n) is 4.36. The molecule has 1 amide bonds. The molecule has 1 aromatic carbocycles. The van der Waals surface area contributed by atoms with Crippen LogP contribution < -0.4 is 19.5 Å². The molecule has 2 heterocycles. The van der Waals surface area contributed by atoms with Gasteiger partial charge in [-0.2, -0.15) is 0 Å². The van der Waals surface area contributed by atoms with Crippen LogP contribution in [0.3, 0.4) is 0 Å². The number of aromatic nitrogens is 1. The molecule has 21 heavy (non-hydrogen) atoms. The summed E-state index contributed by atoms with van der Waals surface area (Å²) in [5.74, 6) is 1.89. The van der Waals surface area contributed by atoms with Gasteiger partial charge in [-0.1, -0.05) is 0 Å². The normalized spacial score (nSPS) is 12.0. The van der Waals surface area contributed by atoms with Gasteiger partial charge in [0.2, 0.25) is 6.79 Å². The van der Waals surface area contributed by atoms with Crippen LogP contribution in [0.25, 0.3) is 0 Å². The fraction of sp³-hybridized carbons (Fsp3) is 0.200. The second kappa shape index (κ2) is 6.13. The summed E-state index contributed by atoms with van der Waals surface area (Å²) >= 11 is 0. The molecule has 0 aliphatic carbocycles. The van der Waals surface area contributed by atoms with Gasteiger partial charge in [0.25, 0.3) is 5.91 Å². The lowest BCUT2D eigenvalue weighted by molar-refractivity contribution is 0.0946. The van der Waals surface area contributed by atoms with E-state index in [1.165, 1.54) is 6.20 Å². The molecular weight excluding hydrogens is 272 g/mol. The molecule has 108 valence electrons. The number of amides is 1. The first kappa shape index (κ1) is 13.2. The summed E-state index contributed by atoms with van der Waals surface area (Å²) < 4.78 is 16.0. The van der Waals surface area contributed by atoms with Crippen molar-refractivity contribution in [3.8, 4) is 17.2 Å². The Labute approximate surface area is 121 Å². The molecule has 0 spiro atoms. The summed E-state index contributed by atoms with van der Waals surface area (Å²) in [6.45, 7) is 1.01. The molecule has 0 bridgehead atoms. The first-order chi connectivity index (χ1) is 10.3. The lowest BCUT2D eigenvalue weighted by Gasteiger charge is -2.08.